The summed E-state index contributed by atoms with van der Waals surface area (Å²) in [6.07, 6.45) is 0.769. The second-order valence-electron chi connectivity index (χ2n) is 7.03. The van der Waals surface area contributed by atoms with E-state index < -0.39 is 27.4 Å². The van der Waals surface area contributed by atoms with E-state index in [0.717, 1.165) is 6.20 Å². The first-order valence-corrected chi connectivity index (χ1v) is 11.1. The fraction of sp³-hybridized carbons (Fsp3) is 0.368. The average Bonchev–Trinajstić information content (AvgIpc) is 2.71. The number of carboxylic acid groups (broad SMARTS) is 1. The molecule has 2 N–H and O–H groups in total. The summed E-state index contributed by atoms with van der Waals surface area (Å²) in [6, 6.07) is 6.69. The van der Waals surface area contributed by atoms with Crippen LogP contribution in [0.4, 0.5) is 4.79 Å². The van der Waals surface area contributed by atoms with E-state index in [1.165, 1.54) is 35.2 Å². The van der Waals surface area contributed by atoms with Gasteiger partial charge < -0.3 is 15.1 Å². The lowest BCUT2D eigenvalue weighted by molar-refractivity contribution is 0.0626. The molecule has 1 saturated heterocycles. The lowest BCUT2D eigenvalue weighted by atomic mass is 10.1. The Kier molecular flexibility index (Phi) is 6.39. The first-order chi connectivity index (χ1) is 14.1. The maximum absolute atomic E-state index is 12.8. The van der Waals surface area contributed by atoms with Crippen LogP contribution in [0.1, 0.15) is 18.9 Å². The summed E-state index contributed by atoms with van der Waals surface area (Å²) in [6.45, 7) is 3.29. The highest BCUT2D eigenvalue weighted by molar-refractivity contribution is 7.90. The van der Waals surface area contributed by atoms with E-state index in [-0.39, 0.29) is 28.1 Å². The highest BCUT2D eigenvalue weighted by atomic mass is 35.5. The number of aromatic hydroxyl groups is 1. The molecule has 1 atom stereocenters. The molecule has 0 bridgehead atoms. The molecule has 30 heavy (non-hydrogen) atoms. The van der Waals surface area contributed by atoms with Crippen LogP contribution in [-0.2, 0) is 16.6 Å². The molecule has 1 unspecified atom stereocenters. The van der Waals surface area contributed by atoms with Crippen LogP contribution < -0.4 is 5.56 Å². The molecule has 1 aromatic heterocycles. The molecule has 1 aromatic carbocycles. The van der Waals surface area contributed by atoms with Crippen LogP contribution in [0.15, 0.2) is 46.2 Å². The van der Waals surface area contributed by atoms with Crippen LogP contribution in [0.3, 0.4) is 0 Å². The maximum atomic E-state index is 12.8. The van der Waals surface area contributed by atoms with Crippen molar-refractivity contribution in [3.8, 4) is 5.75 Å². The van der Waals surface area contributed by atoms with Gasteiger partial charge in [-0.05, 0) is 30.7 Å². The van der Waals surface area contributed by atoms with Gasteiger partial charge in [-0.15, -0.1) is 0 Å². The second-order valence-corrected chi connectivity index (χ2v) is 9.28. The molecule has 0 saturated carbocycles. The third-order valence-corrected chi connectivity index (χ3v) is 7.04. The van der Waals surface area contributed by atoms with Crippen LogP contribution in [0.2, 0.25) is 5.02 Å². The number of amides is 1. The van der Waals surface area contributed by atoms with Crippen LogP contribution >= 0.6 is 11.6 Å². The predicted molar refractivity (Wildman–Crippen MR) is 110 cm³/mol. The molecule has 0 radical (unpaired) electrons. The summed E-state index contributed by atoms with van der Waals surface area (Å²) in [5.74, 6) is -0.656. The Labute approximate surface area is 178 Å². The average molecular weight is 456 g/mol. The molecule has 1 aliphatic rings. The van der Waals surface area contributed by atoms with Crippen molar-refractivity contribution in [2.24, 2.45) is 0 Å². The lowest BCUT2D eigenvalue weighted by Gasteiger charge is -2.39. The zero-order valence-corrected chi connectivity index (χ0v) is 17.8. The minimum absolute atomic E-state index is 0.167. The number of piperazine rings is 1. The molecular weight excluding hydrogens is 434 g/mol. The lowest BCUT2D eigenvalue weighted by Crippen LogP contribution is -2.54. The fourth-order valence-electron chi connectivity index (χ4n) is 3.51. The Hall–Kier alpha value is -2.56. The molecule has 3 rings (SSSR count). The monoisotopic (exact) mass is 455 g/mol. The minimum Gasteiger partial charge on any atom is -0.503 e. The number of nitrogens with zero attached hydrogens (tertiary/aromatic N) is 3. The highest BCUT2D eigenvalue weighted by Gasteiger charge is 2.30. The molecule has 1 aliphatic heterocycles. The van der Waals surface area contributed by atoms with Gasteiger partial charge in [0.2, 0.25) is 0 Å². The number of rotatable bonds is 5. The van der Waals surface area contributed by atoms with Crippen LogP contribution in [-0.4, -0.2) is 64.2 Å². The van der Waals surface area contributed by atoms with E-state index in [0.29, 0.717) is 30.0 Å². The van der Waals surface area contributed by atoms with Crippen molar-refractivity contribution in [1.82, 2.24) is 13.8 Å². The van der Waals surface area contributed by atoms with Gasteiger partial charge in [-0.2, -0.15) is 0 Å². The molecule has 0 spiro atoms. The molecule has 1 fully saturated rings. The first kappa shape index (κ1) is 22.1. The predicted octanol–water partition coefficient (Wildman–Crippen LogP) is 2.02. The third-order valence-electron chi connectivity index (χ3n) is 5.15. The first-order valence-electron chi connectivity index (χ1n) is 9.31. The van der Waals surface area contributed by atoms with Gasteiger partial charge in [0.05, 0.1) is 4.90 Å². The Bertz CT molecular complexity index is 1120. The van der Waals surface area contributed by atoms with E-state index >= 15 is 0 Å². The van der Waals surface area contributed by atoms with Gasteiger partial charge in [0.1, 0.15) is 0 Å². The molecule has 9 nitrogen and oxygen atoms in total. The Morgan fingerprint density at radius 3 is 2.63 bits per heavy atom. The highest BCUT2D eigenvalue weighted by Crippen LogP contribution is 2.21. The van der Waals surface area contributed by atoms with Crippen LogP contribution in [0.25, 0.3) is 0 Å². The number of hydrogen-bond donors (Lipinski definition) is 2. The van der Waals surface area contributed by atoms with Crippen molar-refractivity contribution in [1.29, 1.82) is 0 Å². The van der Waals surface area contributed by atoms with Crippen molar-refractivity contribution in [2.45, 2.75) is 30.8 Å². The molecule has 11 heteroatoms. The van der Waals surface area contributed by atoms with Gasteiger partial charge in [-0.25, -0.2) is 17.2 Å². The molecule has 2 aromatic rings. The SMILES string of the molecule is CCC1CN(Cc2ccn(S(=O)(=O)c3cccc(Cl)c3)c(=O)c2O)CCN1C(=O)O. The zero-order valence-electron chi connectivity index (χ0n) is 16.2. The maximum Gasteiger partial charge on any atom is 0.407 e. The molecule has 2 heterocycles. The molecule has 0 aliphatic carbocycles. The molecule has 162 valence electrons. The normalized spacial score (nSPS) is 17.8. The van der Waals surface area contributed by atoms with Crippen molar-refractivity contribution < 1.29 is 23.4 Å². The quantitative estimate of drug-likeness (QED) is 0.707. The van der Waals surface area contributed by atoms with E-state index in [2.05, 4.69) is 0 Å². The minimum atomic E-state index is -4.22. The summed E-state index contributed by atoms with van der Waals surface area (Å²) in [5, 5.41) is 19.9. The van der Waals surface area contributed by atoms with Crippen LogP contribution in [0.5, 0.6) is 5.75 Å². The van der Waals surface area contributed by atoms with Gasteiger partial charge in [-0.3, -0.25) is 9.69 Å². The Balaban J connectivity index is 1.86. The smallest absolute Gasteiger partial charge is 0.407 e. The molecule has 1 amide bonds. The van der Waals surface area contributed by atoms with Gasteiger partial charge in [0.25, 0.3) is 10.0 Å². The van der Waals surface area contributed by atoms with Gasteiger partial charge >= 0.3 is 11.7 Å². The number of benzene rings is 1. The van der Waals surface area contributed by atoms with Crippen molar-refractivity contribution >= 4 is 27.7 Å². The summed E-state index contributed by atoms with van der Waals surface area (Å²) >= 11 is 5.85. The molecular formula is C19H22ClN3O6S. The van der Waals surface area contributed by atoms with E-state index in [1.807, 2.05) is 11.8 Å². The summed E-state index contributed by atoms with van der Waals surface area (Å²) in [4.78, 5) is 27.1. The largest absolute Gasteiger partial charge is 0.503 e. The number of aromatic nitrogens is 1. The number of halogens is 1. The van der Waals surface area contributed by atoms with Crippen molar-refractivity contribution in [3.63, 3.8) is 0 Å². The summed E-state index contributed by atoms with van der Waals surface area (Å²) < 4.78 is 26.0. The summed E-state index contributed by atoms with van der Waals surface area (Å²) in [5.41, 5.74) is -0.778. The van der Waals surface area contributed by atoms with E-state index in [1.54, 1.807) is 0 Å². The Morgan fingerprint density at radius 1 is 1.27 bits per heavy atom. The zero-order chi connectivity index (χ0) is 22.1. The van der Waals surface area contributed by atoms with Crippen molar-refractivity contribution in [3.05, 3.63) is 57.5 Å². The van der Waals surface area contributed by atoms with Gasteiger partial charge in [0.15, 0.2) is 5.75 Å². The Morgan fingerprint density at radius 2 is 2.00 bits per heavy atom. The van der Waals surface area contributed by atoms with E-state index in [4.69, 9.17) is 11.6 Å². The number of pyridine rings is 1. The van der Waals surface area contributed by atoms with E-state index in [9.17, 15) is 28.2 Å². The van der Waals surface area contributed by atoms with Gasteiger partial charge in [0, 0.05) is 49.0 Å². The van der Waals surface area contributed by atoms with Crippen molar-refractivity contribution in [2.75, 3.05) is 19.6 Å². The summed E-state index contributed by atoms with van der Waals surface area (Å²) in [7, 11) is -4.22. The standard InChI is InChI=1S/C19H22ClN3O6S/c1-2-15-12-21(8-9-22(15)19(26)27)11-13-6-7-23(18(25)17(13)24)30(28,29)16-5-3-4-14(20)10-16/h3-7,10,15,24H,2,8-9,11-12H2,1H3,(H,26,27). The third kappa shape index (κ3) is 4.30. The second kappa shape index (κ2) is 8.66. The fourth-order valence-corrected chi connectivity index (χ4v) is 5.04. The number of hydrogen-bond acceptors (Lipinski definition) is 6. The van der Waals surface area contributed by atoms with Crippen LogP contribution in [0, 0.1) is 0 Å². The number of carbonyl (C=O) groups is 1. The topological polar surface area (TPSA) is 120 Å². The van der Waals surface area contributed by atoms with Gasteiger partial charge in [-0.1, -0.05) is 24.6 Å².